The number of aromatic amines is 1. The highest BCUT2D eigenvalue weighted by Gasteiger charge is 2.14. The fourth-order valence-corrected chi connectivity index (χ4v) is 1.53. The van der Waals surface area contributed by atoms with Crippen molar-refractivity contribution in [3.05, 3.63) is 47.5 Å². The maximum atomic E-state index is 11.8. The van der Waals surface area contributed by atoms with E-state index in [1.54, 1.807) is 6.92 Å². The van der Waals surface area contributed by atoms with Crippen molar-refractivity contribution in [1.29, 1.82) is 0 Å². The fourth-order valence-electron chi connectivity index (χ4n) is 1.53. The standard InChI is InChI=1S/C12H14N4O/c1-8(10-6-4-3-5-7-10)13-12(17)11-14-9(2)15-16-11/h3-8H,1-2H3,(H,13,17)(H,14,15,16)/t8-/m1/s1. The van der Waals surface area contributed by atoms with Crippen LogP contribution in [-0.2, 0) is 0 Å². The van der Waals surface area contributed by atoms with Gasteiger partial charge in [-0.15, -0.1) is 5.10 Å². The van der Waals surface area contributed by atoms with Gasteiger partial charge >= 0.3 is 0 Å². The zero-order valence-electron chi connectivity index (χ0n) is 9.77. The van der Waals surface area contributed by atoms with Crippen LogP contribution in [0.2, 0.25) is 0 Å². The number of carbonyl (C=O) groups is 1. The second kappa shape index (κ2) is 4.78. The van der Waals surface area contributed by atoms with Crippen LogP contribution in [0.15, 0.2) is 30.3 Å². The summed E-state index contributed by atoms with van der Waals surface area (Å²) in [7, 11) is 0. The number of amides is 1. The van der Waals surface area contributed by atoms with Crippen molar-refractivity contribution in [1.82, 2.24) is 20.5 Å². The molecule has 0 aliphatic carbocycles. The molecule has 0 aliphatic heterocycles. The van der Waals surface area contributed by atoms with Gasteiger partial charge in [0.15, 0.2) is 0 Å². The zero-order chi connectivity index (χ0) is 12.3. The molecule has 1 amide bonds. The van der Waals surface area contributed by atoms with Gasteiger partial charge in [-0.25, -0.2) is 4.98 Å². The topological polar surface area (TPSA) is 70.7 Å². The van der Waals surface area contributed by atoms with Crippen LogP contribution in [0, 0.1) is 6.92 Å². The highest BCUT2D eigenvalue weighted by atomic mass is 16.2. The summed E-state index contributed by atoms with van der Waals surface area (Å²) in [5.74, 6) is 0.526. The van der Waals surface area contributed by atoms with Gasteiger partial charge in [-0.1, -0.05) is 30.3 Å². The van der Waals surface area contributed by atoms with Gasteiger partial charge in [-0.3, -0.25) is 9.89 Å². The van der Waals surface area contributed by atoms with Gasteiger partial charge in [-0.2, -0.15) is 0 Å². The Hall–Kier alpha value is -2.17. The molecule has 0 saturated heterocycles. The first-order chi connectivity index (χ1) is 8.16. The van der Waals surface area contributed by atoms with E-state index in [0.717, 1.165) is 5.56 Å². The van der Waals surface area contributed by atoms with Crippen molar-refractivity contribution < 1.29 is 4.79 Å². The quantitative estimate of drug-likeness (QED) is 0.841. The number of rotatable bonds is 3. The molecular formula is C12H14N4O. The highest BCUT2D eigenvalue weighted by Crippen LogP contribution is 2.11. The van der Waals surface area contributed by atoms with E-state index in [-0.39, 0.29) is 17.8 Å². The minimum absolute atomic E-state index is 0.0671. The molecule has 17 heavy (non-hydrogen) atoms. The molecule has 2 N–H and O–H groups in total. The summed E-state index contributed by atoms with van der Waals surface area (Å²) >= 11 is 0. The molecule has 0 unspecified atom stereocenters. The fraction of sp³-hybridized carbons (Fsp3) is 0.250. The molecule has 1 atom stereocenters. The molecule has 0 saturated carbocycles. The van der Waals surface area contributed by atoms with Crippen LogP contribution < -0.4 is 5.32 Å². The van der Waals surface area contributed by atoms with Crippen molar-refractivity contribution in [2.24, 2.45) is 0 Å². The molecular weight excluding hydrogens is 216 g/mol. The molecule has 2 rings (SSSR count). The Bertz CT molecular complexity index is 506. The summed E-state index contributed by atoms with van der Waals surface area (Å²) in [4.78, 5) is 15.8. The lowest BCUT2D eigenvalue weighted by Gasteiger charge is -2.12. The Balaban J connectivity index is 2.04. The van der Waals surface area contributed by atoms with Crippen LogP contribution in [0.3, 0.4) is 0 Å². The van der Waals surface area contributed by atoms with Gasteiger partial charge in [-0.05, 0) is 19.4 Å². The third-order valence-corrected chi connectivity index (χ3v) is 2.45. The Kier molecular flexibility index (Phi) is 3.18. The molecule has 0 fully saturated rings. The Morgan fingerprint density at radius 3 is 2.65 bits per heavy atom. The summed E-state index contributed by atoms with van der Waals surface area (Å²) in [6, 6.07) is 9.69. The molecule has 0 bridgehead atoms. The number of hydrogen-bond acceptors (Lipinski definition) is 3. The number of benzene rings is 1. The number of carbonyl (C=O) groups excluding carboxylic acids is 1. The van der Waals surface area contributed by atoms with E-state index in [9.17, 15) is 4.79 Å². The summed E-state index contributed by atoms with van der Waals surface area (Å²) < 4.78 is 0. The molecule has 1 heterocycles. The van der Waals surface area contributed by atoms with Crippen molar-refractivity contribution in [2.75, 3.05) is 0 Å². The van der Waals surface area contributed by atoms with Crippen LogP contribution in [-0.4, -0.2) is 21.1 Å². The van der Waals surface area contributed by atoms with Crippen molar-refractivity contribution >= 4 is 5.91 Å². The molecule has 2 aromatic rings. The van der Waals surface area contributed by atoms with Gasteiger partial charge < -0.3 is 5.32 Å². The van der Waals surface area contributed by atoms with E-state index in [0.29, 0.717) is 5.82 Å². The Morgan fingerprint density at radius 1 is 1.35 bits per heavy atom. The Labute approximate surface area is 99.3 Å². The van der Waals surface area contributed by atoms with Crippen molar-refractivity contribution in [3.63, 3.8) is 0 Å². The number of nitrogens with zero attached hydrogens (tertiary/aromatic N) is 2. The summed E-state index contributed by atoms with van der Waals surface area (Å²) in [6.07, 6.45) is 0. The molecule has 88 valence electrons. The normalized spacial score (nSPS) is 12.1. The third kappa shape index (κ3) is 2.69. The first-order valence-electron chi connectivity index (χ1n) is 5.41. The van der Waals surface area contributed by atoms with E-state index >= 15 is 0 Å². The number of aryl methyl sites for hydroxylation is 1. The zero-order valence-corrected chi connectivity index (χ0v) is 9.77. The maximum Gasteiger partial charge on any atom is 0.291 e. The minimum atomic E-state index is -0.272. The van der Waals surface area contributed by atoms with Crippen LogP contribution >= 0.6 is 0 Å². The first-order valence-corrected chi connectivity index (χ1v) is 5.41. The van der Waals surface area contributed by atoms with Gasteiger partial charge in [0.1, 0.15) is 5.82 Å². The molecule has 5 nitrogen and oxygen atoms in total. The molecule has 0 aliphatic rings. The van der Waals surface area contributed by atoms with E-state index in [1.165, 1.54) is 0 Å². The smallest absolute Gasteiger partial charge is 0.291 e. The average Bonchev–Trinajstić information content (AvgIpc) is 2.77. The lowest BCUT2D eigenvalue weighted by Crippen LogP contribution is -2.27. The second-order valence-electron chi connectivity index (χ2n) is 3.85. The van der Waals surface area contributed by atoms with Gasteiger partial charge in [0.2, 0.25) is 5.82 Å². The Morgan fingerprint density at radius 2 is 2.06 bits per heavy atom. The van der Waals surface area contributed by atoms with Crippen LogP contribution in [0.1, 0.15) is 35.0 Å². The van der Waals surface area contributed by atoms with Crippen LogP contribution in [0.4, 0.5) is 0 Å². The first kappa shape index (κ1) is 11.3. The SMILES string of the molecule is Cc1nc(C(=O)N[C@H](C)c2ccccc2)n[nH]1. The van der Waals surface area contributed by atoms with Gasteiger partial charge in [0.05, 0.1) is 6.04 Å². The molecule has 5 heteroatoms. The van der Waals surface area contributed by atoms with Gasteiger partial charge in [0.25, 0.3) is 5.91 Å². The lowest BCUT2D eigenvalue weighted by molar-refractivity contribution is 0.0929. The van der Waals surface area contributed by atoms with Crippen LogP contribution in [0.25, 0.3) is 0 Å². The van der Waals surface area contributed by atoms with Crippen molar-refractivity contribution in [2.45, 2.75) is 19.9 Å². The number of hydrogen-bond donors (Lipinski definition) is 2. The van der Waals surface area contributed by atoms with E-state index < -0.39 is 0 Å². The molecule has 1 aromatic carbocycles. The van der Waals surface area contributed by atoms with Gasteiger partial charge in [0, 0.05) is 0 Å². The minimum Gasteiger partial charge on any atom is -0.343 e. The van der Waals surface area contributed by atoms with Crippen LogP contribution in [0.5, 0.6) is 0 Å². The number of nitrogens with one attached hydrogen (secondary N) is 2. The average molecular weight is 230 g/mol. The summed E-state index contributed by atoms with van der Waals surface area (Å²) in [5, 5.41) is 9.30. The van der Waals surface area contributed by atoms with E-state index in [1.807, 2.05) is 37.3 Å². The third-order valence-electron chi connectivity index (χ3n) is 2.45. The number of aromatic nitrogens is 3. The molecule has 0 spiro atoms. The monoisotopic (exact) mass is 230 g/mol. The predicted molar refractivity (Wildman–Crippen MR) is 63.4 cm³/mol. The second-order valence-corrected chi connectivity index (χ2v) is 3.85. The maximum absolute atomic E-state index is 11.8. The summed E-state index contributed by atoms with van der Waals surface area (Å²) in [6.45, 7) is 3.68. The predicted octanol–water partition coefficient (Wildman–Crippen LogP) is 1.60. The lowest BCUT2D eigenvalue weighted by atomic mass is 10.1. The summed E-state index contributed by atoms with van der Waals surface area (Å²) in [5.41, 5.74) is 1.05. The van der Waals surface area contributed by atoms with E-state index in [4.69, 9.17) is 0 Å². The highest BCUT2D eigenvalue weighted by molar-refractivity contribution is 5.90. The van der Waals surface area contributed by atoms with Crippen molar-refractivity contribution in [3.8, 4) is 0 Å². The number of H-pyrrole nitrogens is 1. The largest absolute Gasteiger partial charge is 0.343 e. The molecule has 0 radical (unpaired) electrons. The molecule has 1 aromatic heterocycles. The van der Waals surface area contributed by atoms with E-state index in [2.05, 4.69) is 20.5 Å².